The first-order valence-electron chi connectivity index (χ1n) is 4.40. The van der Waals surface area contributed by atoms with E-state index in [1.807, 2.05) is 11.8 Å². The van der Waals surface area contributed by atoms with Gasteiger partial charge in [-0.05, 0) is 17.7 Å². The van der Waals surface area contributed by atoms with E-state index >= 15 is 0 Å². The average molecular weight is 258 g/mol. The fourth-order valence-corrected chi connectivity index (χ4v) is 2.42. The van der Waals surface area contributed by atoms with E-state index in [-0.39, 0.29) is 0 Å². The summed E-state index contributed by atoms with van der Waals surface area (Å²) in [6.07, 6.45) is 0. The van der Waals surface area contributed by atoms with Gasteiger partial charge in [-0.3, -0.25) is 0 Å². The number of benzene rings is 1. The molecule has 1 saturated heterocycles. The Morgan fingerprint density at radius 3 is 2.92 bits per heavy atom. The van der Waals surface area contributed by atoms with Gasteiger partial charge in [-0.1, -0.05) is 28.1 Å². The monoisotopic (exact) mass is 257 g/mol. The molecule has 0 radical (unpaired) electrons. The summed E-state index contributed by atoms with van der Waals surface area (Å²) in [5.41, 5.74) is 1.35. The van der Waals surface area contributed by atoms with Crippen LogP contribution in [-0.4, -0.2) is 17.5 Å². The van der Waals surface area contributed by atoms with E-state index in [1.54, 1.807) is 0 Å². The van der Waals surface area contributed by atoms with E-state index in [0.717, 1.165) is 17.1 Å². The lowest BCUT2D eigenvalue weighted by Crippen LogP contribution is -2.39. The SMILES string of the molecule is Brc1cccc(CNC2CSC2)c1. The molecular weight excluding hydrogens is 246 g/mol. The summed E-state index contributed by atoms with van der Waals surface area (Å²) < 4.78 is 1.16. The molecule has 1 fully saturated rings. The second kappa shape index (κ2) is 4.49. The van der Waals surface area contributed by atoms with Gasteiger partial charge in [0.2, 0.25) is 0 Å². The molecule has 0 atom stereocenters. The normalized spacial score (nSPS) is 17.0. The lowest BCUT2D eigenvalue weighted by atomic mass is 10.2. The average Bonchev–Trinajstić information content (AvgIpc) is 2.01. The number of halogens is 1. The van der Waals surface area contributed by atoms with Gasteiger partial charge in [0.15, 0.2) is 0 Å². The Hall–Kier alpha value is 0.01000. The molecule has 1 heterocycles. The van der Waals surface area contributed by atoms with Gasteiger partial charge in [-0.25, -0.2) is 0 Å². The Morgan fingerprint density at radius 1 is 1.46 bits per heavy atom. The Morgan fingerprint density at radius 2 is 2.31 bits per heavy atom. The van der Waals surface area contributed by atoms with Gasteiger partial charge < -0.3 is 5.32 Å². The van der Waals surface area contributed by atoms with E-state index in [1.165, 1.54) is 17.1 Å². The summed E-state index contributed by atoms with van der Waals surface area (Å²) in [7, 11) is 0. The summed E-state index contributed by atoms with van der Waals surface area (Å²) in [6.45, 7) is 0.991. The molecule has 0 aromatic heterocycles. The van der Waals surface area contributed by atoms with Gasteiger partial charge in [0.05, 0.1) is 0 Å². The summed E-state index contributed by atoms with van der Waals surface area (Å²) in [5.74, 6) is 2.54. The molecule has 1 aromatic rings. The molecule has 0 spiro atoms. The van der Waals surface area contributed by atoms with Gasteiger partial charge in [0, 0.05) is 28.6 Å². The molecule has 0 bridgehead atoms. The van der Waals surface area contributed by atoms with Crippen molar-refractivity contribution < 1.29 is 0 Å². The molecule has 0 aliphatic carbocycles. The molecule has 1 N–H and O–H groups in total. The zero-order valence-electron chi connectivity index (χ0n) is 7.29. The van der Waals surface area contributed by atoms with E-state index < -0.39 is 0 Å². The number of rotatable bonds is 3. The number of hydrogen-bond acceptors (Lipinski definition) is 2. The van der Waals surface area contributed by atoms with Crippen LogP contribution in [-0.2, 0) is 6.54 Å². The first-order chi connectivity index (χ1) is 6.34. The van der Waals surface area contributed by atoms with Crippen molar-refractivity contribution in [3.8, 4) is 0 Å². The molecule has 70 valence electrons. The Bertz CT molecular complexity index is 286. The lowest BCUT2D eigenvalue weighted by Gasteiger charge is -2.26. The van der Waals surface area contributed by atoms with E-state index in [9.17, 15) is 0 Å². The fourth-order valence-electron chi connectivity index (χ4n) is 1.26. The molecule has 1 aromatic carbocycles. The first-order valence-corrected chi connectivity index (χ1v) is 6.35. The van der Waals surface area contributed by atoms with E-state index in [4.69, 9.17) is 0 Å². The molecule has 2 rings (SSSR count). The smallest absolute Gasteiger partial charge is 0.0252 e. The molecule has 1 aliphatic heterocycles. The maximum absolute atomic E-state index is 3.52. The standard InChI is InChI=1S/C10H12BrNS/c11-9-3-1-2-8(4-9)5-12-10-6-13-7-10/h1-4,10,12H,5-7H2. The second-order valence-corrected chi connectivity index (χ2v) is 5.24. The van der Waals surface area contributed by atoms with Crippen LogP contribution in [0.5, 0.6) is 0 Å². The van der Waals surface area contributed by atoms with Crippen LogP contribution in [0.25, 0.3) is 0 Å². The van der Waals surface area contributed by atoms with Crippen molar-refractivity contribution in [2.45, 2.75) is 12.6 Å². The third-order valence-electron chi connectivity index (χ3n) is 2.12. The van der Waals surface area contributed by atoms with Crippen molar-refractivity contribution in [1.29, 1.82) is 0 Å². The van der Waals surface area contributed by atoms with Crippen molar-refractivity contribution in [3.63, 3.8) is 0 Å². The van der Waals surface area contributed by atoms with Gasteiger partial charge in [-0.15, -0.1) is 0 Å². The Balaban J connectivity index is 1.86. The fraction of sp³-hybridized carbons (Fsp3) is 0.400. The van der Waals surface area contributed by atoms with Crippen LogP contribution >= 0.6 is 27.7 Å². The lowest BCUT2D eigenvalue weighted by molar-refractivity contribution is 0.583. The predicted octanol–water partition coefficient (Wildman–Crippen LogP) is 2.65. The zero-order chi connectivity index (χ0) is 9.10. The molecule has 1 nitrogen and oxygen atoms in total. The van der Waals surface area contributed by atoms with Crippen LogP contribution in [0.15, 0.2) is 28.7 Å². The number of nitrogens with one attached hydrogen (secondary N) is 1. The third kappa shape index (κ3) is 2.73. The van der Waals surface area contributed by atoms with Crippen LogP contribution in [0.2, 0.25) is 0 Å². The minimum absolute atomic E-state index is 0.740. The number of hydrogen-bond donors (Lipinski definition) is 1. The minimum Gasteiger partial charge on any atom is -0.308 e. The third-order valence-corrected chi connectivity index (χ3v) is 3.89. The molecule has 13 heavy (non-hydrogen) atoms. The van der Waals surface area contributed by atoms with Crippen LogP contribution in [0.1, 0.15) is 5.56 Å². The highest BCUT2D eigenvalue weighted by Gasteiger charge is 2.16. The van der Waals surface area contributed by atoms with Crippen molar-refractivity contribution in [3.05, 3.63) is 34.3 Å². The summed E-state index contributed by atoms with van der Waals surface area (Å²) in [5, 5.41) is 3.52. The van der Waals surface area contributed by atoms with E-state index in [0.29, 0.717) is 0 Å². The zero-order valence-corrected chi connectivity index (χ0v) is 9.70. The predicted molar refractivity (Wildman–Crippen MR) is 62.1 cm³/mol. The Labute approximate surface area is 91.4 Å². The topological polar surface area (TPSA) is 12.0 Å². The maximum Gasteiger partial charge on any atom is 0.0252 e. The molecule has 1 aliphatic rings. The van der Waals surface area contributed by atoms with Gasteiger partial charge in [-0.2, -0.15) is 11.8 Å². The van der Waals surface area contributed by atoms with E-state index in [2.05, 4.69) is 45.5 Å². The highest BCUT2D eigenvalue weighted by atomic mass is 79.9. The molecule has 3 heteroatoms. The van der Waals surface area contributed by atoms with Gasteiger partial charge in [0.1, 0.15) is 0 Å². The second-order valence-electron chi connectivity index (χ2n) is 3.25. The highest BCUT2D eigenvalue weighted by Crippen LogP contribution is 2.18. The quantitative estimate of drug-likeness (QED) is 0.894. The van der Waals surface area contributed by atoms with Crippen LogP contribution in [0, 0.1) is 0 Å². The van der Waals surface area contributed by atoms with Crippen molar-refractivity contribution >= 4 is 27.7 Å². The highest BCUT2D eigenvalue weighted by molar-refractivity contribution is 9.10. The molecule has 0 saturated carbocycles. The summed E-state index contributed by atoms with van der Waals surface area (Å²) in [6, 6.07) is 9.20. The molecule has 0 amide bonds. The molecule has 0 unspecified atom stereocenters. The van der Waals surface area contributed by atoms with Gasteiger partial charge >= 0.3 is 0 Å². The first kappa shape index (κ1) is 9.56. The van der Waals surface area contributed by atoms with Gasteiger partial charge in [0.25, 0.3) is 0 Å². The largest absolute Gasteiger partial charge is 0.308 e. The van der Waals surface area contributed by atoms with Crippen LogP contribution < -0.4 is 5.32 Å². The summed E-state index contributed by atoms with van der Waals surface area (Å²) in [4.78, 5) is 0. The Kier molecular flexibility index (Phi) is 3.30. The van der Waals surface area contributed by atoms with Crippen molar-refractivity contribution in [2.24, 2.45) is 0 Å². The molecular formula is C10H12BrNS. The maximum atomic E-state index is 3.52. The number of thioether (sulfide) groups is 1. The van der Waals surface area contributed by atoms with Crippen molar-refractivity contribution in [1.82, 2.24) is 5.32 Å². The minimum atomic E-state index is 0.740. The van der Waals surface area contributed by atoms with Crippen LogP contribution in [0.3, 0.4) is 0 Å². The summed E-state index contributed by atoms with van der Waals surface area (Å²) >= 11 is 5.48. The van der Waals surface area contributed by atoms with Crippen molar-refractivity contribution in [2.75, 3.05) is 11.5 Å². The van der Waals surface area contributed by atoms with Crippen LogP contribution in [0.4, 0.5) is 0 Å².